The number of carbonyl (C=O) groups excluding carboxylic acids is 2. The van der Waals surface area contributed by atoms with Crippen molar-refractivity contribution < 1.29 is 9.59 Å². The number of rotatable bonds is 6. The Morgan fingerprint density at radius 3 is 2.41 bits per heavy atom. The van der Waals surface area contributed by atoms with Crippen LogP contribution in [-0.2, 0) is 4.79 Å². The lowest BCUT2D eigenvalue weighted by Crippen LogP contribution is -2.31. The number of aryl methyl sites for hydroxylation is 3. The highest BCUT2D eigenvalue weighted by Crippen LogP contribution is 2.22. The summed E-state index contributed by atoms with van der Waals surface area (Å²) in [5.41, 5.74) is 4.48. The maximum Gasteiger partial charge on any atom is 0.253 e. The molecule has 27 heavy (non-hydrogen) atoms. The van der Waals surface area contributed by atoms with Gasteiger partial charge in [-0.2, -0.15) is 0 Å². The Morgan fingerprint density at radius 1 is 1.19 bits per heavy atom. The molecule has 6 nitrogen and oxygen atoms in total. The van der Waals surface area contributed by atoms with Crippen molar-refractivity contribution in [3.63, 3.8) is 0 Å². The minimum absolute atomic E-state index is 0.134. The summed E-state index contributed by atoms with van der Waals surface area (Å²) in [6.07, 6.45) is 6.58. The first-order chi connectivity index (χ1) is 12.8. The summed E-state index contributed by atoms with van der Waals surface area (Å²) in [4.78, 5) is 30.2. The highest BCUT2D eigenvalue weighted by Gasteiger charge is 2.13. The van der Waals surface area contributed by atoms with Crippen molar-refractivity contribution >= 4 is 23.3 Å². The number of nitrogens with zero attached hydrogens (tertiary/aromatic N) is 2. The second-order valence-electron chi connectivity index (χ2n) is 6.47. The highest BCUT2D eigenvalue weighted by molar-refractivity contribution is 5.96. The van der Waals surface area contributed by atoms with Crippen LogP contribution in [0.4, 0.5) is 11.5 Å². The third kappa shape index (κ3) is 5.32. The molecule has 0 saturated heterocycles. The summed E-state index contributed by atoms with van der Waals surface area (Å²) in [5.74, 6) is 2.52. The number of pyridine rings is 1. The number of hydrogen-bond acceptors (Lipinski definition) is 4. The molecule has 0 unspecified atom stereocenters. The molecule has 2 amide bonds. The fourth-order valence-corrected chi connectivity index (χ4v) is 2.83. The standard InChI is InChI=1S/C21H24N4O2/c1-6-9-22-21(27)17-7-8-18(23-12-17)25(5)13-19(26)24-20-15(3)10-14(2)11-16(20)4/h1,7-8,10-12H,9,13H2,2-5H3,(H,22,27)(H,24,26). The van der Waals surface area contributed by atoms with Gasteiger partial charge in [0.15, 0.2) is 0 Å². The zero-order valence-electron chi connectivity index (χ0n) is 16.1. The molecule has 0 atom stereocenters. The molecular weight excluding hydrogens is 340 g/mol. The van der Waals surface area contributed by atoms with Gasteiger partial charge in [-0.05, 0) is 44.0 Å². The van der Waals surface area contributed by atoms with Crippen molar-refractivity contribution in [2.75, 3.05) is 30.4 Å². The predicted molar refractivity (Wildman–Crippen MR) is 108 cm³/mol. The van der Waals surface area contributed by atoms with Crippen molar-refractivity contribution in [1.82, 2.24) is 10.3 Å². The van der Waals surface area contributed by atoms with Gasteiger partial charge in [-0.3, -0.25) is 9.59 Å². The fourth-order valence-electron chi connectivity index (χ4n) is 2.83. The third-order valence-electron chi connectivity index (χ3n) is 4.07. The predicted octanol–water partition coefficient (Wildman–Crippen LogP) is 2.44. The van der Waals surface area contributed by atoms with E-state index in [1.807, 2.05) is 32.9 Å². The third-order valence-corrected chi connectivity index (χ3v) is 4.07. The maximum absolute atomic E-state index is 12.4. The molecule has 0 aliphatic rings. The summed E-state index contributed by atoms with van der Waals surface area (Å²) in [7, 11) is 1.77. The van der Waals surface area contributed by atoms with E-state index in [1.165, 1.54) is 6.20 Å². The minimum Gasteiger partial charge on any atom is -0.350 e. The average Bonchev–Trinajstić information content (AvgIpc) is 2.62. The van der Waals surface area contributed by atoms with Crippen molar-refractivity contribution in [2.24, 2.45) is 0 Å². The van der Waals surface area contributed by atoms with Gasteiger partial charge in [0.25, 0.3) is 5.91 Å². The molecule has 1 heterocycles. The summed E-state index contributed by atoms with van der Waals surface area (Å²) >= 11 is 0. The Kier molecular flexibility index (Phi) is 6.56. The van der Waals surface area contributed by atoms with Crippen LogP contribution in [0.1, 0.15) is 27.0 Å². The molecule has 2 rings (SSSR count). The van der Waals surface area contributed by atoms with Crippen LogP contribution in [0.3, 0.4) is 0 Å². The Balaban J connectivity index is 2.00. The largest absolute Gasteiger partial charge is 0.350 e. The van der Waals surface area contributed by atoms with Gasteiger partial charge in [0.05, 0.1) is 18.7 Å². The second-order valence-corrected chi connectivity index (χ2v) is 6.47. The lowest BCUT2D eigenvalue weighted by molar-refractivity contribution is -0.114. The van der Waals surface area contributed by atoms with Crippen molar-refractivity contribution in [3.05, 3.63) is 52.7 Å². The highest BCUT2D eigenvalue weighted by atomic mass is 16.2. The zero-order chi connectivity index (χ0) is 20.0. The van der Waals surface area contributed by atoms with E-state index in [9.17, 15) is 9.59 Å². The lowest BCUT2D eigenvalue weighted by atomic mass is 10.1. The van der Waals surface area contributed by atoms with Gasteiger partial charge in [-0.1, -0.05) is 23.6 Å². The van der Waals surface area contributed by atoms with Gasteiger partial charge in [0.2, 0.25) is 5.91 Å². The summed E-state index contributed by atoms with van der Waals surface area (Å²) < 4.78 is 0. The van der Waals surface area contributed by atoms with E-state index in [-0.39, 0.29) is 24.9 Å². The lowest BCUT2D eigenvalue weighted by Gasteiger charge is -2.19. The first kappa shape index (κ1) is 20.0. The van der Waals surface area contributed by atoms with E-state index in [4.69, 9.17) is 6.42 Å². The van der Waals surface area contributed by atoms with Crippen molar-refractivity contribution in [3.8, 4) is 12.3 Å². The van der Waals surface area contributed by atoms with Crippen LogP contribution < -0.4 is 15.5 Å². The molecule has 0 spiro atoms. The molecule has 0 bridgehead atoms. The molecule has 2 N–H and O–H groups in total. The molecule has 0 radical (unpaired) electrons. The number of benzene rings is 1. The number of amides is 2. The molecule has 6 heteroatoms. The number of aromatic nitrogens is 1. The zero-order valence-corrected chi connectivity index (χ0v) is 16.1. The smallest absolute Gasteiger partial charge is 0.253 e. The Bertz CT molecular complexity index is 859. The number of terminal acetylenes is 1. The molecular formula is C21H24N4O2. The number of likely N-dealkylation sites (N-methyl/N-ethyl adjacent to an activating group) is 1. The minimum atomic E-state index is -0.280. The van der Waals surface area contributed by atoms with E-state index >= 15 is 0 Å². The van der Waals surface area contributed by atoms with Crippen LogP contribution in [0.25, 0.3) is 0 Å². The molecule has 1 aromatic carbocycles. The summed E-state index contributed by atoms with van der Waals surface area (Å²) in [6.45, 7) is 6.29. The first-order valence-electron chi connectivity index (χ1n) is 8.58. The van der Waals surface area contributed by atoms with Gasteiger partial charge in [0, 0.05) is 18.9 Å². The molecule has 0 saturated carbocycles. The van der Waals surface area contributed by atoms with Crippen LogP contribution >= 0.6 is 0 Å². The molecule has 0 aliphatic carbocycles. The molecule has 0 fully saturated rings. The number of anilines is 2. The summed E-state index contributed by atoms with van der Waals surface area (Å²) in [5, 5.41) is 5.55. The second kappa shape index (κ2) is 8.86. The van der Waals surface area contributed by atoms with Gasteiger partial charge in [-0.25, -0.2) is 4.98 Å². The first-order valence-corrected chi connectivity index (χ1v) is 8.58. The van der Waals surface area contributed by atoms with E-state index in [0.717, 1.165) is 22.4 Å². The molecule has 2 aromatic rings. The fraction of sp³-hybridized carbons (Fsp3) is 0.286. The van der Waals surface area contributed by atoms with Crippen LogP contribution in [0, 0.1) is 33.1 Å². The molecule has 0 aliphatic heterocycles. The molecule has 140 valence electrons. The van der Waals surface area contributed by atoms with E-state index in [1.54, 1.807) is 24.1 Å². The van der Waals surface area contributed by atoms with Crippen LogP contribution in [0.15, 0.2) is 30.5 Å². The number of nitrogens with one attached hydrogen (secondary N) is 2. The topological polar surface area (TPSA) is 74.3 Å². The number of hydrogen-bond donors (Lipinski definition) is 2. The average molecular weight is 364 g/mol. The van der Waals surface area contributed by atoms with Crippen LogP contribution in [0.2, 0.25) is 0 Å². The van der Waals surface area contributed by atoms with Gasteiger partial charge < -0.3 is 15.5 Å². The number of carbonyl (C=O) groups is 2. The maximum atomic E-state index is 12.4. The SMILES string of the molecule is C#CCNC(=O)c1ccc(N(C)CC(=O)Nc2c(C)cc(C)cc2C)nc1. The van der Waals surface area contributed by atoms with Gasteiger partial charge in [-0.15, -0.1) is 6.42 Å². The Hall–Kier alpha value is -3.33. The quantitative estimate of drug-likeness (QED) is 0.772. The normalized spacial score (nSPS) is 10.0. The van der Waals surface area contributed by atoms with E-state index in [0.29, 0.717) is 11.4 Å². The van der Waals surface area contributed by atoms with E-state index < -0.39 is 0 Å². The van der Waals surface area contributed by atoms with Crippen molar-refractivity contribution in [1.29, 1.82) is 0 Å². The van der Waals surface area contributed by atoms with Crippen molar-refractivity contribution in [2.45, 2.75) is 20.8 Å². The monoisotopic (exact) mass is 364 g/mol. The van der Waals surface area contributed by atoms with E-state index in [2.05, 4.69) is 21.5 Å². The Labute approximate surface area is 160 Å². The Morgan fingerprint density at radius 2 is 1.85 bits per heavy atom. The van der Waals surface area contributed by atoms with Crippen LogP contribution in [-0.4, -0.2) is 36.9 Å². The van der Waals surface area contributed by atoms with Gasteiger partial charge >= 0.3 is 0 Å². The molecule has 1 aromatic heterocycles. The summed E-state index contributed by atoms with van der Waals surface area (Å²) in [6, 6.07) is 7.42. The van der Waals surface area contributed by atoms with Crippen LogP contribution in [0.5, 0.6) is 0 Å². The van der Waals surface area contributed by atoms with Gasteiger partial charge in [0.1, 0.15) is 5.82 Å².